The third kappa shape index (κ3) is 1.37. The van der Waals surface area contributed by atoms with Gasteiger partial charge in [0.1, 0.15) is 0 Å². The minimum atomic E-state index is -0.196. The van der Waals surface area contributed by atoms with E-state index in [1.54, 1.807) is 6.07 Å². The van der Waals surface area contributed by atoms with Crippen LogP contribution in [0.25, 0.3) is 0 Å². The smallest absolute Gasteiger partial charge is 0.0939 e. The normalized spacial score (nSPS) is 10.7. The highest BCUT2D eigenvalue weighted by Crippen LogP contribution is 2.13. The molecule has 0 bridgehead atoms. The topological polar surface area (TPSA) is 53.6 Å². The molecule has 0 atom stereocenters. The van der Waals surface area contributed by atoms with E-state index in [0.29, 0.717) is 0 Å². The van der Waals surface area contributed by atoms with Gasteiger partial charge in [0.05, 0.1) is 25.7 Å². The minimum Gasteiger partial charge on any atom is -0.472 e. The second-order valence-electron chi connectivity index (χ2n) is 2.12. The Morgan fingerprint density at radius 1 is 1.40 bits per heavy atom. The van der Waals surface area contributed by atoms with Crippen LogP contribution in [-0.2, 0) is 0 Å². The number of aliphatic hydroxyl groups is 2. The van der Waals surface area contributed by atoms with Crippen LogP contribution in [0.15, 0.2) is 23.0 Å². The van der Waals surface area contributed by atoms with Gasteiger partial charge >= 0.3 is 0 Å². The maximum Gasteiger partial charge on any atom is 0.0939 e. The van der Waals surface area contributed by atoms with Crippen molar-refractivity contribution in [1.29, 1.82) is 0 Å². The predicted octanol–water partition coefficient (Wildman–Crippen LogP) is 0.348. The standard InChI is InChI=1S/C7H10O3/c8-3-7(4-9)6-1-2-10-5-6/h1-2,5,7-9H,3-4H2. The van der Waals surface area contributed by atoms with E-state index in [4.69, 9.17) is 14.6 Å². The Labute approximate surface area is 58.9 Å². The maximum absolute atomic E-state index is 8.70. The molecule has 1 aromatic heterocycles. The average molecular weight is 142 g/mol. The molecule has 1 heterocycles. The number of hydrogen-bond acceptors (Lipinski definition) is 3. The number of hydrogen-bond donors (Lipinski definition) is 2. The average Bonchev–Trinajstić information content (AvgIpc) is 2.43. The van der Waals surface area contributed by atoms with Gasteiger partial charge in [-0.2, -0.15) is 0 Å². The van der Waals surface area contributed by atoms with Crippen molar-refractivity contribution in [3.05, 3.63) is 24.2 Å². The quantitative estimate of drug-likeness (QED) is 0.640. The Kier molecular flexibility index (Phi) is 2.48. The monoisotopic (exact) mass is 142 g/mol. The molecule has 1 rings (SSSR count). The summed E-state index contributed by atoms with van der Waals surface area (Å²) in [6, 6.07) is 1.73. The Bertz CT molecular complexity index is 165. The van der Waals surface area contributed by atoms with Crippen LogP contribution < -0.4 is 0 Å². The minimum absolute atomic E-state index is 0.0456. The van der Waals surface area contributed by atoms with E-state index in [-0.39, 0.29) is 19.1 Å². The van der Waals surface area contributed by atoms with Gasteiger partial charge < -0.3 is 14.6 Å². The third-order valence-corrected chi connectivity index (χ3v) is 1.46. The summed E-state index contributed by atoms with van der Waals surface area (Å²) in [7, 11) is 0. The first kappa shape index (κ1) is 7.31. The van der Waals surface area contributed by atoms with E-state index < -0.39 is 0 Å². The van der Waals surface area contributed by atoms with Gasteiger partial charge in [-0.25, -0.2) is 0 Å². The summed E-state index contributed by atoms with van der Waals surface area (Å²) in [4.78, 5) is 0. The van der Waals surface area contributed by atoms with Gasteiger partial charge in [0.15, 0.2) is 0 Å². The molecular formula is C7H10O3. The summed E-state index contributed by atoms with van der Waals surface area (Å²) in [5, 5.41) is 17.4. The van der Waals surface area contributed by atoms with Crippen molar-refractivity contribution in [1.82, 2.24) is 0 Å². The van der Waals surface area contributed by atoms with Gasteiger partial charge in [-0.3, -0.25) is 0 Å². The molecule has 0 aromatic carbocycles. The highest BCUT2D eigenvalue weighted by atomic mass is 16.3. The van der Waals surface area contributed by atoms with Crippen molar-refractivity contribution in [3.8, 4) is 0 Å². The molecule has 2 N–H and O–H groups in total. The van der Waals surface area contributed by atoms with Gasteiger partial charge in [-0.05, 0) is 11.6 Å². The van der Waals surface area contributed by atoms with E-state index in [1.807, 2.05) is 0 Å². The zero-order valence-corrected chi connectivity index (χ0v) is 5.53. The third-order valence-electron chi connectivity index (χ3n) is 1.46. The second kappa shape index (κ2) is 3.39. The van der Waals surface area contributed by atoms with E-state index in [0.717, 1.165) is 5.56 Å². The van der Waals surface area contributed by atoms with Gasteiger partial charge in [-0.1, -0.05) is 0 Å². The molecule has 0 radical (unpaired) electrons. The molecule has 0 saturated heterocycles. The van der Waals surface area contributed by atoms with Crippen LogP contribution in [0.4, 0.5) is 0 Å². The first-order chi connectivity index (χ1) is 4.88. The van der Waals surface area contributed by atoms with Crippen LogP contribution in [0.5, 0.6) is 0 Å². The van der Waals surface area contributed by atoms with Gasteiger partial charge in [0.25, 0.3) is 0 Å². The molecule has 0 aliphatic carbocycles. The Morgan fingerprint density at radius 3 is 2.50 bits per heavy atom. The molecule has 0 amide bonds. The van der Waals surface area contributed by atoms with E-state index in [1.165, 1.54) is 12.5 Å². The van der Waals surface area contributed by atoms with Crippen LogP contribution >= 0.6 is 0 Å². The van der Waals surface area contributed by atoms with Crippen LogP contribution in [-0.4, -0.2) is 23.4 Å². The van der Waals surface area contributed by atoms with Gasteiger partial charge in [0.2, 0.25) is 0 Å². The highest BCUT2D eigenvalue weighted by Gasteiger charge is 2.08. The maximum atomic E-state index is 8.70. The highest BCUT2D eigenvalue weighted by molar-refractivity contribution is 5.12. The molecule has 3 heteroatoms. The number of aliphatic hydroxyl groups excluding tert-OH is 2. The van der Waals surface area contributed by atoms with Crippen molar-refractivity contribution in [2.45, 2.75) is 5.92 Å². The molecule has 10 heavy (non-hydrogen) atoms. The van der Waals surface area contributed by atoms with Crippen LogP contribution in [0.3, 0.4) is 0 Å². The Hall–Kier alpha value is -0.800. The molecule has 0 spiro atoms. The number of furan rings is 1. The molecule has 3 nitrogen and oxygen atoms in total. The fraction of sp³-hybridized carbons (Fsp3) is 0.429. The Balaban J connectivity index is 2.64. The van der Waals surface area contributed by atoms with Crippen molar-refractivity contribution >= 4 is 0 Å². The zero-order valence-electron chi connectivity index (χ0n) is 5.53. The fourth-order valence-electron chi connectivity index (χ4n) is 0.776. The molecule has 0 aliphatic heterocycles. The van der Waals surface area contributed by atoms with E-state index >= 15 is 0 Å². The molecule has 1 aromatic rings. The largest absolute Gasteiger partial charge is 0.472 e. The summed E-state index contributed by atoms with van der Waals surface area (Å²) in [5.41, 5.74) is 0.838. The molecule has 56 valence electrons. The van der Waals surface area contributed by atoms with Crippen LogP contribution in [0.1, 0.15) is 11.5 Å². The summed E-state index contributed by atoms with van der Waals surface area (Å²) in [6.07, 6.45) is 3.05. The van der Waals surface area contributed by atoms with Crippen molar-refractivity contribution < 1.29 is 14.6 Å². The molecule has 0 aliphatic rings. The molecular weight excluding hydrogens is 132 g/mol. The van der Waals surface area contributed by atoms with Crippen LogP contribution in [0.2, 0.25) is 0 Å². The van der Waals surface area contributed by atoms with Crippen molar-refractivity contribution in [2.75, 3.05) is 13.2 Å². The SMILES string of the molecule is OCC(CO)c1ccoc1. The number of rotatable bonds is 3. The first-order valence-corrected chi connectivity index (χ1v) is 3.12. The predicted molar refractivity (Wildman–Crippen MR) is 35.6 cm³/mol. The molecule has 0 fully saturated rings. The van der Waals surface area contributed by atoms with Crippen LogP contribution in [0, 0.1) is 0 Å². The fourth-order valence-corrected chi connectivity index (χ4v) is 0.776. The van der Waals surface area contributed by atoms with Gasteiger partial charge in [-0.15, -0.1) is 0 Å². The summed E-state index contributed by atoms with van der Waals surface area (Å²) in [5.74, 6) is -0.196. The van der Waals surface area contributed by atoms with Gasteiger partial charge in [0, 0.05) is 5.92 Å². The molecule has 0 unspecified atom stereocenters. The molecule has 0 saturated carbocycles. The van der Waals surface area contributed by atoms with Crippen molar-refractivity contribution in [2.24, 2.45) is 0 Å². The summed E-state index contributed by atoms with van der Waals surface area (Å²) in [6.45, 7) is -0.0912. The Morgan fingerprint density at radius 2 is 2.10 bits per heavy atom. The van der Waals surface area contributed by atoms with E-state index in [2.05, 4.69) is 0 Å². The lowest BCUT2D eigenvalue weighted by Gasteiger charge is -2.05. The van der Waals surface area contributed by atoms with E-state index in [9.17, 15) is 0 Å². The lowest BCUT2D eigenvalue weighted by Crippen LogP contribution is -2.07. The summed E-state index contributed by atoms with van der Waals surface area (Å²) >= 11 is 0. The summed E-state index contributed by atoms with van der Waals surface area (Å²) < 4.78 is 4.78. The lowest BCUT2D eigenvalue weighted by atomic mass is 10.1. The lowest BCUT2D eigenvalue weighted by molar-refractivity contribution is 0.192. The second-order valence-corrected chi connectivity index (χ2v) is 2.12. The van der Waals surface area contributed by atoms with Crippen molar-refractivity contribution in [3.63, 3.8) is 0 Å². The zero-order chi connectivity index (χ0) is 7.40. The first-order valence-electron chi connectivity index (χ1n) is 3.12.